The van der Waals surface area contributed by atoms with Crippen LogP contribution < -0.4 is 16.3 Å². The highest BCUT2D eigenvalue weighted by Gasteiger charge is 2.16. The fourth-order valence-corrected chi connectivity index (χ4v) is 3.66. The zero-order valence-electron chi connectivity index (χ0n) is 17.1. The molecule has 3 aromatic heterocycles. The number of carbonyl (C=O) groups is 1. The summed E-state index contributed by atoms with van der Waals surface area (Å²) >= 11 is 0. The van der Waals surface area contributed by atoms with E-state index in [-0.39, 0.29) is 16.6 Å². The van der Waals surface area contributed by atoms with Gasteiger partial charge in [0.05, 0.1) is 10.9 Å². The van der Waals surface area contributed by atoms with Gasteiger partial charge in [0, 0.05) is 35.6 Å². The summed E-state index contributed by atoms with van der Waals surface area (Å²) in [6.07, 6.45) is 2.28. The molecule has 0 saturated heterocycles. The second-order valence-corrected chi connectivity index (χ2v) is 7.21. The average molecular weight is 402 g/mol. The number of anilines is 1. The van der Waals surface area contributed by atoms with E-state index in [1.54, 1.807) is 41.1 Å². The van der Waals surface area contributed by atoms with Gasteiger partial charge in [-0.2, -0.15) is 0 Å². The van der Waals surface area contributed by atoms with Crippen molar-refractivity contribution in [3.05, 3.63) is 80.0 Å². The number of pyridine rings is 3. The van der Waals surface area contributed by atoms with Gasteiger partial charge in [-0.25, -0.2) is 4.98 Å². The first-order valence-electron chi connectivity index (χ1n) is 9.89. The Bertz CT molecular complexity index is 1420. The van der Waals surface area contributed by atoms with Crippen LogP contribution in [0, 0.1) is 6.92 Å². The van der Waals surface area contributed by atoms with Crippen molar-refractivity contribution < 1.29 is 4.79 Å². The molecule has 0 unspecified atom stereocenters. The number of hydrogen-bond donors (Lipinski definition) is 2. The van der Waals surface area contributed by atoms with Gasteiger partial charge in [0.25, 0.3) is 5.91 Å². The van der Waals surface area contributed by atoms with Crippen molar-refractivity contribution >= 4 is 33.5 Å². The number of rotatable bonds is 4. The van der Waals surface area contributed by atoms with Crippen LogP contribution in [0.4, 0.5) is 5.69 Å². The number of hydrogen-bond acceptors (Lipinski definition) is 4. The molecule has 3 heterocycles. The Labute approximate surface area is 172 Å². The molecule has 0 radical (unpaired) electrons. The van der Waals surface area contributed by atoms with E-state index >= 15 is 0 Å². The summed E-state index contributed by atoms with van der Waals surface area (Å²) in [6.45, 7) is 6.35. The zero-order valence-corrected chi connectivity index (χ0v) is 17.1. The van der Waals surface area contributed by atoms with Crippen molar-refractivity contribution in [2.45, 2.75) is 33.7 Å². The first-order chi connectivity index (χ1) is 14.4. The van der Waals surface area contributed by atoms with E-state index in [0.29, 0.717) is 28.8 Å². The zero-order chi connectivity index (χ0) is 21.4. The Balaban J connectivity index is 1.76. The Morgan fingerprint density at radius 1 is 1.10 bits per heavy atom. The molecule has 0 spiro atoms. The van der Waals surface area contributed by atoms with Crippen molar-refractivity contribution in [3.63, 3.8) is 0 Å². The van der Waals surface area contributed by atoms with Gasteiger partial charge in [-0.15, -0.1) is 0 Å². The summed E-state index contributed by atoms with van der Waals surface area (Å²) in [5.74, 6) is -0.502. The highest BCUT2D eigenvalue weighted by Crippen LogP contribution is 2.21. The van der Waals surface area contributed by atoms with Gasteiger partial charge in [0.15, 0.2) is 0 Å². The molecule has 7 heteroatoms. The lowest BCUT2D eigenvalue weighted by Gasteiger charge is -2.12. The molecule has 1 aromatic carbocycles. The summed E-state index contributed by atoms with van der Waals surface area (Å²) in [6, 6.07) is 10.4. The van der Waals surface area contributed by atoms with Gasteiger partial charge in [0.2, 0.25) is 11.0 Å². The molecule has 0 aliphatic carbocycles. The highest BCUT2D eigenvalue weighted by molar-refractivity contribution is 6.06. The van der Waals surface area contributed by atoms with Gasteiger partial charge < -0.3 is 14.9 Å². The maximum Gasteiger partial charge on any atom is 0.261 e. The van der Waals surface area contributed by atoms with Gasteiger partial charge in [0.1, 0.15) is 11.2 Å². The summed E-state index contributed by atoms with van der Waals surface area (Å²) in [4.78, 5) is 45.0. The molecule has 4 aromatic rings. The number of benzene rings is 1. The van der Waals surface area contributed by atoms with E-state index in [9.17, 15) is 14.4 Å². The minimum absolute atomic E-state index is 0.0471. The van der Waals surface area contributed by atoms with E-state index in [1.165, 1.54) is 0 Å². The molecule has 152 valence electrons. The number of fused-ring (bicyclic) bond motifs is 2. The number of carbonyl (C=O) groups excluding carboxylic acids is 1. The third kappa shape index (κ3) is 3.39. The van der Waals surface area contributed by atoms with Gasteiger partial charge >= 0.3 is 0 Å². The Hall–Kier alpha value is -3.74. The lowest BCUT2D eigenvalue weighted by atomic mass is 10.1. The van der Waals surface area contributed by atoms with Crippen molar-refractivity contribution in [1.82, 2.24) is 14.5 Å². The lowest BCUT2D eigenvalue weighted by molar-refractivity contribution is 0.102. The number of nitrogens with one attached hydrogen (secondary N) is 2. The molecule has 0 saturated carbocycles. The van der Waals surface area contributed by atoms with Crippen LogP contribution in [-0.2, 0) is 13.0 Å². The maximum absolute atomic E-state index is 12.9. The SMILES string of the molecule is CCc1cc(=O)[nH]c2cc(NC(=O)c3cn(CC)c4nc(C)ccc4c3=O)ccc12. The number of nitrogens with zero attached hydrogens (tertiary/aromatic N) is 2. The summed E-state index contributed by atoms with van der Waals surface area (Å²) < 4.78 is 1.80. The van der Waals surface area contributed by atoms with E-state index < -0.39 is 5.91 Å². The molecule has 0 aliphatic rings. The molecule has 30 heavy (non-hydrogen) atoms. The Morgan fingerprint density at radius 2 is 1.87 bits per heavy atom. The summed E-state index contributed by atoms with van der Waals surface area (Å²) in [5, 5.41) is 4.12. The lowest BCUT2D eigenvalue weighted by Crippen LogP contribution is -2.24. The smallest absolute Gasteiger partial charge is 0.261 e. The van der Waals surface area contributed by atoms with Crippen LogP contribution in [0.25, 0.3) is 21.9 Å². The molecule has 0 aliphatic heterocycles. The van der Waals surface area contributed by atoms with Crippen LogP contribution in [0.2, 0.25) is 0 Å². The molecule has 0 fully saturated rings. The topological polar surface area (TPSA) is 96.8 Å². The van der Waals surface area contributed by atoms with Crippen LogP contribution in [-0.4, -0.2) is 20.4 Å². The van der Waals surface area contributed by atoms with Crippen molar-refractivity contribution in [2.75, 3.05) is 5.32 Å². The Morgan fingerprint density at radius 3 is 2.60 bits per heavy atom. The van der Waals surface area contributed by atoms with Gasteiger partial charge in [-0.3, -0.25) is 14.4 Å². The predicted octanol–water partition coefficient (Wildman–Crippen LogP) is 3.38. The monoisotopic (exact) mass is 402 g/mol. The minimum Gasteiger partial charge on any atom is -0.332 e. The number of H-pyrrole nitrogens is 1. The largest absolute Gasteiger partial charge is 0.332 e. The van der Waals surface area contributed by atoms with E-state index in [0.717, 1.165) is 23.1 Å². The molecule has 0 bridgehead atoms. The number of aromatic nitrogens is 3. The first-order valence-corrected chi connectivity index (χ1v) is 9.89. The molecular weight excluding hydrogens is 380 g/mol. The second kappa shape index (κ2) is 7.59. The molecule has 2 N–H and O–H groups in total. The normalized spacial score (nSPS) is 11.2. The standard InChI is InChI=1S/C23H22N4O3/c1-4-14-10-20(28)26-19-11-15(7-9-16(14)19)25-23(30)18-12-27(5-2)22-17(21(18)29)8-6-13(3)24-22/h6-12H,4-5H2,1-3H3,(H,25,30)(H,26,28). The quantitative estimate of drug-likeness (QED) is 0.547. The van der Waals surface area contributed by atoms with Crippen LogP contribution in [0.15, 0.2) is 52.2 Å². The molecular formula is C23H22N4O3. The number of aromatic amines is 1. The van der Waals surface area contributed by atoms with Crippen LogP contribution in [0.5, 0.6) is 0 Å². The molecule has 4 rings (SSSR count). The fraction of sp³-hybridized carbons (Fsp3) is 0.217. The van der Waals surface area contributed by atoms with Crippen LogP contribution in [0.1, 0.15) is 35.5 Å². The highest BCUT2D eigenvalue weighted by atomic mass is 16.2. The molecule has 0 atom stereocenters. The van der Waals surface area contributed by atoms with E-state index in [4.69, 9.17) is 0 Å². The fourth-order valence-electron chi connectivity index (χ4n) is 3.66. The minimum atomic E-state index is -0.502. The van der Waals surface area contributed by atoms with Gasteiger partial charge in [-0.1, -0.05) is 13.0 Å². The number of amides is 1. The van der Waals surface area contributed by atoms with Gasteiger partial charge in [-0.05, 0) is 50.1 Å². The molecule has 7 nitrogen and oxygen atoms in total. The average Bonchev–Trinajstić information content (AvgIpc) is 2.73. The van der Waals surface area contributed by atoms with Crippen molar-refractivity contribution in [3.8, 4) is 0 Å². The van der Waals surface area contributed by atoms with E-state index in [1.807, 2.05) is 26.8 Å². The van der Waals surface area contributed by atoms with Crippen LogP contribution in [0.3, 0.4) is 0 Å². The van der Waals surface area contributed by atoms with Crippen molar-refractivity contribution in [2.24, 2.45) is 0 Å². The summed E-state index contributed by atoms with van der Waals surface area (Å²) in [5.41, 5.74) is 2.95. The predicted molar refractivity (Wildman–Crippen MR) is 118 cm³/mol. The van der Waals surface area contributed by atoms with Crippen LogP contribution >= 0.6 is 0 Å². The maximum atomic E-state index is 12.9. The second-order valence-electron chi connectivity index (χ2n) is 7.21. The third-order valence-corrected chi connectivity index (χ3v) is 5.21. The number of aryl methyl sites for hydroxylation is 3. The van der Waals surface area contributed by atoms with Crippen molar-refractivity contribution in [1.29, 1.82) is 0 Å². The summed E-state index contributed by atoms with van der Waals surface area (Å²) in [7, 11) is 0. The first kappa shape index (κ1) is 19.6. The Kier molecular flexibility index (Phi) is 4.95. The van der Waals surface area contributed by atoms with E-state index in [2.05, 4.69) is 15.3 Å². The molecule has 1 amide bonds. The third-order valence-electron chi connectivity index (χ3n) is 5.21.